The van der Waals surface area contributed by atoms with Gasteiger partial charge in [-0.3, -0.25) is 4.55 Å². The second kappa shape index (κ2) is 3.71. The van der Waals surface area contributed by atoms with E-state index in [9.17, 15) is 16.8 Å². The molecule has 0 amide bonds. The molecule has 0 heterocycles. The van der Waals surface area contributed by atoms with Crippen LogP contribution in [0.2, 0.25) is 0 Å². The highest BCUT2D eigenvalue weighted by molar-refractivity contribution is 7.94. The predicted octanol–water partition coefficient (Wildman–Crippen LogP) is -0.904. The molecule has 0 rings (SSSR count). The van der Waals surface area contributed by atoms with E-state index >= 15 is 0 Å². The third kappa shape index (κ3) is 5.91. The molecular formula is C2H4O8S2. The summed E-state index contributed by atoms with van der Waals surface area (Å²) in [5, 5.41) is 7.89. The molecule has 2 N–H and O–H groups in total. The van der Waals surface area contributed by atoms with Crippen LogP contribution < -0.4 is 0 Å². The summed E-state index contributed by atoms with van der Waals surface area (Å²) in [4.78, 5) is 0. The fraction of sp³-hybridized carbons (Fsp3) is 0. The van der Waals surface area contributed by atoms with Crippen molar-refractivity contribution < 1.29 is 34.3 Å². The van der Waals surface area contributed by atoms with Gasteiger partial charge in [0.25, 0.3) is 0 Å². The highest BCUT2D eigenvalue weighted by Gasteiger charge is 2.20. The first kappa shape index (κ1) is 11.2. The third-order valence-corrected chi connectivity index (χ3v) is 2.10. The van der Waals surface area contributed by atoms with Crippen LogP contribution in [-0.2, 0) is 28.6 Å². The van der Waals surface area contributed by atoms with Crippen molar-refractivity contribution in [1.29, 1.82) is 0 Å². The summed E-state index contributed by atoms with van der Waals surface area (Å²) in [7, 11) is -10.0. The number of aliphatic hydroxyl groups is 1. The molecule has 0 radical (unpaired) electrons. The molecule has 0 aromatic rings. The molecule has 0 aliphatic carbocycles. The van der Waals surface area contributed by atoms with Crippen molar-refractivity contribution in [1.82, 2.24) is 0 Å². The molecule has 0 aliphatic heterocycles. The van der Waals surface area contributed by atoms with Crippen molar-refractivity contribution >= 4 is 20.8 Å². The van der Waals surface area contributed by atoms with Crippen molar-refractivity contribution in [3.05, 3.63) is 12.5 Å². The Morgan fingerprint density at radius 2 is 1.67 bits per heavy atom. The minimum atomic E-state index is -5.14. The lowest BCUT2D eigenvalue weighted by Crippen LogP contribution is -2.13. The molecule has 0 saturated carbocycles. The van der Waals surface area contributed by atoms with Crippen LogP contribution in [0.4, 0.5) is 0 Å². The number of aliphatic hydroxyl groups excluding tert-OH is 1. The Labute approximate surface area is 68.3 Å². The molecule has 72 valence electrons. The lowest BCUT2D eigenvalue weighted by atomic mass is 11.1. The summed E-state index contributed by atoms with van der Waals surface area (Å²) < 4.78 is 54.5. The molecule has 0 bridgehead atoms. The Bertz CT molecular complexity index is 345. The summed E-state index contributed by atoms with van der Waals surface area (Å²) >= 11 is 0. The lowest BCUT2D eigenvalue weighted by Gasteiger charge is -1.97. The Morgan fingerprint density at radius 3 is 2.00 bits per heavy atom. The zero-order valence-corrected chi connectivity index (χ0v) is 6.95. The lowest BCUT2D eigenvalue weighted by molar-refractivity contribution is 0.323. The summed E-state index contributed by atoms with van der Waals surface area (Å²) in [5.74, 6) is 0. The molecule has 0 saturated heterocycles. The van der Waals surface area contributed by atoms with Gasteiger partial charge < -0.3 is 9.29 Å². The maximum absolute atomic E-state index is 10.3. The molecule has 12 heavy (non-hydrogen) atoms. The van der Waals surface area contributed by atoms with Crippen molar-refractivity contribution in [2.45, 2.75) is 0 Å². The van der Waals surface area contributed by atoms with E-state index in [-0.39, 0.29) is 12.5 Å². The first-order valence-corrected chi connectivity index (χ1v) is 4.87. The first-order chi connectivity index (χ1) is 5.27. The van der Waals surface area contributed by atoms with Gasteiger partial charge in [0, 0.05) is 0 Å². The van der Waals surface area contributed by atoms with Crippen molar-refractivity contribution in [3.63, 3.8) is 0 Å². The van der Waals surface area contributed by atoms with Gasteiger partial charge in [-0.05, 0) is 0 Å². The Balaban J connectivity index is 4.47. The maximum Gasteiger partial charge on any atom is 0.465 e. The van der Waals surface area contributed by atoms with Gasteiger partial charge in [0.15, 0.2) is 0 Å². The smallest absolute Gasteiger partial charge is 0.465 e. The van der Waals surface area contributed by atoms with Crippen LogP contribution >= 0.6 is 0 Å². The molecule has 10 heteroatoms. The van der Waals surface area contributed by atoms with E-state index in [1.165, 1.54) is 0 Å². The first-order valence-electron chi connectivity index (χ1n) is 2.18. The average molecular weight is 220 g/mol. The standard InChI is InChI=1S/C2H4O8S2/c3-1-2-9-12(7,8)10-11(4,5)6/h1-3H,(H,4,5,6). The van der Waals surface area contributed by atoms with E-state index in [0.717, 1.165) is 0 Å². The minimum absolute atomic E-state index is 0.185. The van der Waals surface area contributed by atoms with Crippen LogP contribution in [0.1, 0.15) is 0 Å². The van der Waals surface area contributed by atoms with Gasteiger partial charge in [0.05, 0.1) is 0 Å². The normalized spacial score (nSPS) is 13.4. The summed E-state index contributed by atoms with van der Waals surface area (Å²) in [6, 6.07) is 0. The second-order valence-electron chi connectivity index (χ2n) is 1.29. The molecule has 0 spiro atoms. The quantitative estimate of drug-likeness (QED) is 0.460. The molecular weight excluding hydrogens is 216 g/mol. The molecule has 0 aromatic carbocycles. The van der Waals surface area contributed by atoms with Gasteiger partial charge in [0.2, 0.25) is 0 Å². The molecule has 0 unspecified atom stereocenters. The zero-order chi connectivity index (χ0) is 9.83. The van der Waals surface area contributed by atoms with Crippen molar-refractivity contribution in [2.24, 2.45) is 0 Å². The van der Waals surface area contributed by atoms with E-state index < -0.39 is 20.8 Å². The van der Waals surface area contributed by atoms with Crippen LogP contribution in [0.5, 0.6) is 0 Å². The molecule has 0 fully saturated rings. The third-order valence-electron chi connectivity index (χ3n) is 0.404. The summed E-state index contributed by atoms with van der Waals surface area (Å²) in [6.07, 6.45) is 0.422. The maximum atomic E-state index is 10.3. The highest BCUT2D eigenvalue weighted by atomic mass is 32.3. The van der Waals surface area contributed by atoms with Crippen molar-refractivity contribution in [2.75, 3.05) is 0 Å². The summed E-state index contributed by atoms with van der Waals surface area (Å²) in [6.45, 7) is 0. The monoisotopic (exact) mass is 220 g/mol. The van der Waals surface area contributed by atoms with E-state index in [1.54, 1.807) is 0 Å². The van der Waals surface area contributed by atoms with Gasteiger partial charge in [-0.2, -0.15) is 16.8 Å². The molecule has 0 aliphatic rings. The van der Waals surface area contributed by atoms with E-state index in [1.807, 2.05) is 0 Å². The van der Waals surface area contributed by atoms with Crippen LogP contribution in [-0.4, -0.2) is 26.5 Å². The topological polar surface area (TPSA) is 127 Å². The summed E-state index contributed by atoms with van der Waals surface area (Å²) in [5.41, 5.74) is 0. The molecule has 8 nitrogen and oxygen atoms in total. The number of rotatable bonds is 4. The molecule has 0 atom stereocenters. The average Bonchev–Trinajstić information content (AvgIpc) is 1.78. The Kier molecular flexibility index (Phi) is 3.45. The number of hydrogen-bond acceptors (Lipinski definition) is 7. The Hall–Kier alpha value is -0.840. The Morgan fingerprint density at radius 1 is 1.17 bits per heavy atom. The fourth-order valence-corrected chi connectivity index (χ4v) is 1.37. The van der Waals surface area contributed by atoms with Crippen molar-refractivity contribution in [3.8, 4) is 0 Å². The van der Waals surface area contributed by atoms with Crippen LogP contribution in [0.3, 0.4) is 0 Å². The zero-order valence-electron chi connectivity index (χ0n) is 5.32. The van der Waals surface area contributed by atoms with E-state index in [2.05, 4.69) is 7.81 Å². The fourth-order valence-electron chi connectivity index (χ4n) is 0.214. The van der Waals surface area contributed by atoms with Crippen LogP contribution in [0.15, 0.2) is 12.5 Å². The highest BCUT2D eigenvalue weighted by Crippen LogP contribution is 2.00. The van der Waals surface area contributed by atoms with Gasteiger partial charge >= 0.3 is 20.8 Å². The SMILES string of the molecule is O=S(=O)(O)OS(=O)(=O)OC=CO. The van der Waals surface area contributed by atoms with Gasteiger partial charge in [-0.15, -0.1) is 0 Å². The van der Waals surface area contributed by atoms with Gasteiger partial charge in [0.1, 0.15) is 12.5 Å². The van der Waals surface area contributed by atoms with Crippen LogP contribution in [0, 0.1) is 0 Å². The minimum Gasteiger partial charge on any atom is -0.512 e. The van der Waals surface area contributed by atoms with E-state index in [4.69, 9.17) is 9.66 Å². The van der Waals surface area contributed by atoms with Gasteiger partial charge in [-0.1, -0.05) is 3.63 Å². The predicted molar refractivity (Wildman–Crippen MR) is 34.4 cm³/mol. The second-order valence-corrected chi connectivity index (χ2v) is 3.69. The van der Waals surface area contributed by atoms with E-state index in [0.29, 0.717) is 0 Å². The van der Waals surface area contributed by atoms with Gasteiger partial charge in [-0.25, -0.2) is 0 Å². The largest absolute Gasteiger partial charge is 0.512 e. The molecule has 0 aromatic heterocycles. The number of hydrogen-bond donors (Lipinski definition) is 2. The van der Waals surface area contributed by atoms with Crippen LogP contribution in [0.25, 0.3) is 0 Å².